The topological polar surface area (TPSA) is 114 Å². The van der Waals surface area contributed by atoms with Crippen LogP contribution in [0.15, 0.2) is 12.1 Å². The Balaban J connectivity index is 1.80. The molecule has 0 radical (unpaired) electrons. The summed E-state index contributed by atoms with van der Waals surface area (Å²) in [5.41, 5.74) is 7.61. The van der Waals surface area contributed by atoms with E-state index >= 15 is 0 Å². The molecule has 3 aliphatic rings. The monoisotopic (exact) mass is 673 g/mol. The van der Waals surface area contributed by atoms with Gasteiger partial charge in [-0.3, -0.25) is 10.1 Å². The van der Waals surface area contributed by atoms with Crippen molar-refractivity contribution in [2.45, 2.75) is 97.7 Å². The molecule has 266 valence electrons. The number of ether oxygens (including phenoxy) is 3. The minimum Gasteiger partial charge on any atom is -0.494 e. The molecule has 0 spiro atoms. The second-order valence-electron chi connectivity index (χ2n) is 13.7. The molecule has 12 nitrogen and oxygen atoms in total. The number of fused-ring (bicyclic) bond motifs is 1. The largest absolute Gasteiger partial charge is 0.497 e. The van der Waals surface area contributed by atoms with Crippen molar-refractivity contribution in [1.82, 2.24) is 21.2 Å². The van der Waals surface area contributed by atoms with E-state index in [9.17, 15) is 22.8 Å². The molecule has 0 saturated carbocycles. The molecule has 15 heteroatoms. The molecule has 47 heavy (non-hydrogen) atoms. The number of morpholine rings is 1. The van der Waals surface area contributed by atoms with Crippen molar-refractivity contribution in [2.24, 2.45) is 11.8 Å². The molecule has 1 aromatic rings. The van der Waals surface area contributed by atoms with Crippen LogP contribution < -0.4 is 25.8 Å². The zero-order valence-electron chi connectivity index (χ0n) is 29.0. The van der Waals surface area contributed by atoms with Crippen LogP contribution in [0.25, 0.3) is 0 Å². The maximum Gasteiger partial charge on any atom is 0.497 e. The Bertz CT molecular complexity index is 1270. The first kappa shape index (κ1) is 37.3. The fraction of sp³-hybridized carbons (Fsp3) is 0.750. The van der Waals surface area contributed by atoms with Gasteiger partial charge in [0.05, 0.1) is 32.1 Å². The normalized spacial score (nSPS) is 28.8. The Morgan fingerprint density at radius 2 is 1.74 bits per heavy atom. The standard InChI is InChI=1S/C32H52F3N6O6/c1-10-22(11-2)46-27-19(3)20(4)28-40(37-27)30(36-8)38-41(28,47-29(43)32(33,34)35)18-25(42)21-16-23(31(5,6)7)26(44-9)24(17-21)39-12-14-45-15-13-39/h16-17,19-20,22,27-28,30,36-38H,10-15,18H2,1-9H3/q+1. The molecule has 3 fully saturated rings. The Morgan fingerprint density at radius 1 is 1.11 bits per heavy atom. The number of hydroxylamine groups is 2. The molecular formula is C32H52F3N6O6+. The summed E-state index contributed by atoms with van der Waals surface area (Å²) in [6, 6.07) is 3.43. The summed E-state index contributed by atoms with van der Waals surface area (Å²) in [6.07, 6.45) is -5.96. The molecule has 3 heterocycles. The lowest BCUT2D eigenvalue weighted by Crippen LogP contribution is -2.71. The Morgan fingerprint density at radius 3 is 2.28 bits per heavy atom. The number of benzene rings is 1. The summed E-state index contributed by atoms with van der Waals surface area (Å²) in [4.78, 5) is 34.4. The summed E-state index contributed by atoms with van der Waals surface area (Å²) >= 11 is 0. The van der Waals surface area contributed by atoms with Gasteiger partial charge < -0.3 is 19.1 Å². The zero-order valence-corrected chi connectivity index (χ0v) is 29.0. The predicted octanol–water partition coefficient (Wildman–Crippen LogP) is 3.82. The van der Waals surface area contributed by atoms with Gasteiger partial charge in [-0.1, -0.05) is 53.9 Å². The van der Waals surface area contributed by atoms with Crippen LogP contribution in [-0.2, 0) is 24.5 Å². The van der Waals surface area contributed by atoms with Gasteiger partial charge in [-0.2, -0.15) is 13.2 Å². The number of methoxy groups -OCH3 is 1. The van der Waals surface area contributed by atoms with E-state index in [4.69, 9.17) is 19.0 Å². The molecule has 3 aliphatic heterocycles. The quantitative estimate of drug-likeness (QED) is 0.236. The fourth-order valence-corrected chi connectivity index (χ4v) is 6.68. The predicted molar refractivity (Wildman–Crippen MR) is 169 cm³/mol. The highest BCUT2D eigenvalue weighted by Gasteiger charge is 2.65. The Labute approximate surface area is 275 Å². The third-order valence-electron chi connectivity index (χ3n) is 9.52. The van der Waals surface area contributed by atoms with Crippen LogP contribution in [-0.4, -0.2) is 99.5 Å². The van der Waals surface area contributed by atoms with E-state index in [1.54, 1.807) is 31.3 Å². The maximum absolute atomic E-state index is 14.4. The van der Waals surface area contributed by atoms with Crippen molar-refractivity contribution in [2.75, 3.05) is 51.9 Å². The fourth-order valence-electron chi connectivity index (χ4n) is 6.68. The Kier molecular flexibility index (Phi) is 11.5. The first-order valence-corrected chi connectivity index (χ1v) is 16.4. The van der Waals surface area contributed by atoms with Gasteiger partial charge >= 0.3 is 12.1 Å². The van der Waals surface area contributed by atoms with Crippen molar-refractivity contribution in [3.05, 3.63) is 23.3 Å². The molecule has 0 aliphatic carbocycles. The van der Waals surface area contributed by atoms with Gasteiger partial charge in [-0.15, -0.1) is 5.01 Å². The summed E-state index contributed by atoms with van der Waals surface area (Å²) < 4.78 is 58.2. The molecule has 6 atom stereocenters. The number of quaternary nitrogens is 1. The van der Waals surface area contributed by atoms with E-state index in [1.807, 2.05) is 48.5 Å². The smallest absolute Gasteiger partial charge is 0.494 e. The lowest BCUT2D eigenvalue weighted by molar-refractivity contribution is -1.13. The summed E-state index contributed by atoms with van der Waals surface area (Å²) in [5.74, 6) is -2.93. The first-order chi connectivity index (χ1) is 22.0. The molecule has 0 aromatic heterocycles. The summed E-state index contributed by atoms with van der Waals surface area (Å²) in [5, 5.41) is 4.71. The van der Waals surface area contributed by atoms with E-state index in [-0.39, 0.29) is 17.6 Å². The first-order valence-electron chi connectivity index (χ1n) is 16.4. The average molecular weight is 674 g/mol. The molecule has 4 rings (SSSR count). The van der Waals surface area contributed by atoms with Crippen LogP contribution in [0.3, 0.4) is 0 Å². The third-order valence-corrected chi connectivity index (χ3v) is 9.52. The van der Waals surface area contributed by atoms with E-state index in [1.165, 1.54) is 0 Å². The van der Waals surface area contributed by atoms with E-state index in [0.717, 1.165) is 18.4 Å². The number of rotatable bonds is 11. The minimum atomic E-state index is -5.29. The lowest BCUT2D eigenvalue weighted by Gasteiger charge is -2.46. The summed E-state index contributed by atoms with van der Waals surface area (Å²) in [7, 11) is 3.20. The highest BCUT2D eigenvalue weighted by Crippen LogP contribution is 2.42. The van der Waals surface area contributed by atoms with E-state index in [0.29, 0.717) is 37.7 Å². The van der Waals surface area contributed by atoms with Gasteiger partial charge in [0.2, 0.25) is 18.5 Å². The zero-order chi connectivity index (χ0) is 34.9. The number of hydrogen-bond donors (Lipinski definition) is 3. The van der Waals surface area contributed by atoms with Crippen molar-refractivity contribution in [3.8, 4) is 5.75 Å². The van der Waals surface area contributed by atoms with Gasteiger partial charge in [-0.25, -0.2) is 15.1 Å². The second kappa shape index (κ2) is 14.5. The molecular weight excluding hydrogens is 621 g/mol. The average Bonchev–Trinajstić information content (AvgIpc) is 3.33. The molecule has 3 N–H and O–H groups in total. The van der Waals surface area contributed by atoms with Crippen molar-refractivity contribution < 1.29 is 46.6 Å². The van der Waals surface area contributed by atoms with Crippen LogP contribution in [0.5, 0.6) is 5.75 Å². The van der Waals surface area contributed by atoms with Crippen LogP contribution in [0.4, 0.5) is 18.9 Å². The number of halogens is 3. The highest BCUT2D eigenvalue weighted by atomic mass is 19.4. The number of alkyl halides is 3. The van der Waals surface area contributed by atoms with Gasteiger partial charge in [0.15, 0.2) is 6.29 Å². The number of nitrogens with one attached hydrogen (secondary N) is 3. The Hall–Kier alpha value is -2.53. The molecule has 1 aromatic carbocycles. The van der Waals surface area contributed by atoms with Crippen LogP contribution >= 0.6 is 0 Å². The van der Waals surface area contributed by atoms with Crippen LogP contribution in [0.2, 0.25) is 0 Å². The van der Waals surface area contributed by atoms with E-state index < -0.39 is 59.2 Å². The maximum atomic E-state index is 14.4. The number of carbonyl (C=O) groups excluding carboxylic acids is 2. The van der Waals surface area contributed by atoms with Gasteiger partial charge in [-0.05, 0) is 42.2 Å². The third kappa shape index (κ3) is 7.71. The molecule has 0 bridgehead atoms. The number of hydrogen-bond acceptors (Lipinski definition) is 11. The number of hydrazine groups is 1. The number of anilines is 1. The SMILES string of the molecule is CCC(CC)OC1NN2C(NC)N[N+](CC(=O)c3cc(N4CCOCC4)c(OC)c(C(C)(C)C)c3)(OC(=O)C(F)(F)F)C2C(C)C1C. The number of ketones is 1. The van der Waals surface area contributed by atoms with Crippen molar-refractivity contribution in [3.63, 3.8) is 0 Å². The van der Waals surface area contributed by atoms with Gasteiger partial charge in [0.25, 0.3) is 0 Å². The number of carbonyl (C=O) groups is 2. The van der Waals surface area contributed by atoms with Gasteiger partial charge in [0.1, 0.15) is 12.0 Å². The molecule has 3 saturated heterocycles. The van der Waals surface area contributed by atoms with Crippen LogP contribution in [0.1, 0.15) is 77.2 Å². The van der Waals surface area contributed by atoms with E-state index in [2.05, 4.69) is 21.1 Å². The second-order valence-corrected chi connectivity index (χ2v) is 13.7. The molecule has 6 unspecified atom stereocenters. The number of Topliss-reactive ketones (excluding diaryl/α,β-unsaturated/α-hetero) is 1. The van der Waals surface area contributed by atoms with Crippen molar-refractivity contribution >= 4 is 17.4 Å². The number of nitrogens with zero attached hydrogens (tertiary/aromatic N) is 3. The highest BCUT2D eigenvalue weighted by molar-refractivity contribution is 5.99. The molecule has 0 amide bonds. The summed E-state index contributed by atoms with van der Waals surface area (Å²) in [6.45, 7) is 15.4. The van der Waals surface area contributed by atoms with Gasteiger partial charge in [0, 0.05) is 36.1 Å². The minimum absolute atomic E-state index is 0.0288. The lowest BCUT2D eigenvalue weighted by atomic mass is 9.84. The van der Waals surface area contributed by atoms with Crippen LogP contribution in [0, 0.1) is 11.8 Å². The van der Waals surface area contributed by atoms with Crippen molar-refractivity contribution in [1.29, 1.82) is 0 Å².